The van der Waals surface area contributed by atoms with Gasteiger partial charge in [-0.25, -0.2) is 0 Å². The molecule has 448 valence electrons. The number of para-hydroxylation sites is 5. The van der Waals surface area contributed by atoms with E-state index in [9.17, 15) is 0 Å². The van der Waals surface area contributed by atoms with Gasteiger partial charge in [0.25, 0.3) is 0 Å². The van der Waals surface area contributed by atoms with Crippen LogP contribution in [0.4, 0.5) is 5.69 Å². The number of aromatic nitrogens is 4. The van der Waals surface area contributed by atoms with Crippen LogP contribution in [0.1, 0.15) is 30.7 Å². The van der Waals surface area contributed by atoms with Gasteiger partial charge in [-0.05, 0) is 157 Å². The Kier molecular flexibility index (Phi) is 13.0. The van der Waals surface area contributed by atoms with Gasteiger partial charge in [0.1, 0.15) is 34.7 Å². The van der Waals surface area contributed by atoms with Crippen LogP contribution in [0.5, 0.6) is 5.75 Å². The molecule has 2 aliphatic rings. The molecule has 10 nitrogen and oxygen atoms in total. The van der Waals surface area contributed by atoms with Crippen LogP contribution in [-0.2, 0) is 25.8 Å². The van der Waals surface area contributed by atoms with E-state index in [2.05, 4.69) is 238 Å². The number of pyridine rings is 1. The molecule has 92 heavy (non-hydrogen) atoms. The van der Waals surface area contributed by atoms with E-state index in [4.69, 9.17) is 23.7 Å². The number of hydrogen-bond donors (Lipinski definition) is 0. The number of nitrogens with zero attached hydrogens (tertiary/aromatic N) is 6. The molecule has 20 rings (SSSR count). The number of fused-ring (bicyclic) bond motifs is 24. The molecule has 13 heteroatoms. The third-order valence-corrected chi connectivity index (χ3v) is 21.2. The van der Waals surface area contributed by atoms with Crippen LogP contribution in [0, 0.1) is 12.1 Å². The summed E-state index contributed by atoms with van der Waals surface area (Å²) in [5.74, 6) is 0.844. The summed E-state index contributed by atoms with van der Waals surface area (Å²) in [6, 6.07) is 84.8. The maximum atomic E-state index is 6.39. The van der Waals surface area contributed by atoms with E-state index in [0.29, 0.717) is 12.6 Å². The van der Waals surface area contributed by atoms with Gasteiger partial charge in [0.2, 0.25) is 0 Å². The van der Waals surface area contributed by atoms with Crippen molar-refractivity contribution in [1.82, 2.24) is 18.7 Å². The number of rotatable bonds is 9. The van der Waals surface area contributed by atoms with Crippen LogP contribution in [0.2, 0.25) is 0 Å². The smallest absolute Gasteiger partial charge is 0.135 e. The summed E-state index contributed by atoms with van der Waals surface area (Å²) in [6.45, 7) is 3.49. The molecule has 0 amide bonds. The molecule has 1 saturated heterocycles. The number of hydrogen-bond acceptors (Lipinski definition) is 8. The van der Waals surface area contributed by atoms with Crippen molar-refractivity contribution in [1.29, 1.82) is 0 Å². The van der Waals surface area contributed by atoms with E-state index in [1.54, 1.807) is 18.4 Å². The van der Waals surface area contributed by atoms with Crippen molar-refractivity contribution in [2.24, 2.45) is 0 Å². The topological polar surface area (TPSA) is 89.2 Å². The zero-order valence-electron chi connectivity index (χ0n) is 49.8. The van der Waals surface area contributed by atoms with Crippen molar-refractivity contribution in [3.63, 3.8) is 0 Å². The number of thiophene rings is 2. The van der Waals surface area contributed by atoms with Crippen LogP contribution in [-0.4, -0.2) is 45.1 Å². The molecule has 2 unspecified atom stereocenters. The zero-order chi connectivity index (χ0) is 60.0. The van der Waals surface area contributed by atoms with Crippen LogP contribution < -0.4 is 9.75 Å². The largest absolute Gasteiger partial charge is 0.569 e. The Morgan fingerprint density at radius 1 is 0.543 bits per heavy atom. The molecular formula is C79H53N6O4PtS2-3. The van der Waals surface area contributed by atoms with Crippen molar-refractivity contribution in [3.05, 3.63) is 247 Å². The van der Waals surface area contributed by atoms with Crippen molar-refractivity contribution in [2.45, 2.75) is 31.9 Å². The molecule has 0 saturated carbocycles. The molecule has 0 bridgehead atoms. The zero-order valence-corrected chi connectivity index (χ0v) is 53.7. The molecular weight excluding hydrogens is 1360 g/mol. The Balaban J connectivity index is 0.000000136. The summed E-state index contributed by atoms with van der Waals surface area (Å²) in [6.07, 6.45) is 3.88. The minimum absolute atomic E-state index is 0. The van der Waals surface area contributed by atoms with Gasteiger partial charge < -0.3 is 37.9 Å². The van der Waals surface area contributed by atoms with Crippen LogP contribution >= 0.6 is 22.7 Å². The molecule has 10 heterocycles. The van der Waals surface area contributed by atoms with Gasteiger partial charge in [-0.3, -0.25) is 4.52 Å². The maximum absolute atomic E-state index is 6.39. The van der Waals surface area contributed by atoms with E-state index in [0.717, 1.165) is 124 Å². The van der Waals surface area contributed by atoms with Crippen molar-refractivity contribution in [2.75, 3.05) is 25.3 Å². The normalized spacial score (nSPS) is 14.2. The average Bonchev–Trinajstić information content (AvgIpc) is 1.61. The molecule has 2 aliphatic heterocycles. The number of furan rings is 2. The number of anilines is 1. The molecule has 2 atom stereocenters. The maximum Gasteiger partial charge on any atom is 0.135 e. The van der Waals surface area contributed by atoms with Gasteiger partial charge in [0.15, 0.2) is 0 Å². The third kappa shape index (κ3) is 8.51. The second-order valence-corrected chi connectivity index (χ2v) is 25.9. The summed E-state index contributed by atoms with van der Waals surface area (Å²) in [7, 11) is 1.73. The van der Waals surface area contributed by atoms with Gasteiger partial charge in [-0.2, -0.15) is 53.6 Å². The molecule has 8 aromatic heterocycles. The summed E-state index contributed by atoms with van der Waals surface area (Å²) in [4.78, 5) is 3.89. The first kappa shape index (κ1) is 55.1. The minimum atomic E-state index is 0. The van der Waals surface area contributed by atoms with Crippen molar-refractivity contribution in [3.8, 4) is 49.1 Å². The number of methoxy groups -OCH3 is 1. The van der Waals surface area contributed by atoms with E-state index < -0.39 is 0 Å². The number of ether oxygens (including phenoxy) is 2. The van der Waals surface area contributed by atoms with Gasteiger partial charge in [0, 0.05) is 114 Å². The van der Waals surface area contributed by atoms with E-state index in [-0.39, 0.29) is 27.2 Å². The van der Waals surface area contributed by atoms with E-state index >= 15 is 0 Å². The Labute approximate surface area is 549 Å². The summed E-state index contributed by atoms with van der Waals surface area (Å²) >= 11 is 3.70. The first-order chi connectivity index (χ1) is 45.0. The fraction of sp³-hybridized carbons (Fsp3) is 0.101. The summed E-state index contributed by atoms with van der Waals surface area (Å²) in [5.41, 5.74) is 23.4. The molecule has 10 aromatic carbocycles. The molecule has 18 aromatic rings. The third-order valence-electron chi connectivity index (χ3n) is 18.8. The fourth-order valence-corrected chi connectivity index (χ4v) is 16.9. The quantitative estimate of drug-likeness (QED) is 0.134. The van der Waals surface area contributed by atoms with Crippen molar-refractivity contribution < 1.29 is 39.4 Å². The second-order valence-electron chi connectivity index (χ2n) is 23.7. The minimum Gasteiger partial charge on any atom is -0.569 e. The predicted octanol–water partition coefficient (Wildman–Crippen LogP) is 21.4. The standard InChI is InChI=1S/C42H30N3O3S.C37H23N3OS.Pt/c1-3-27(46-2)24-47-28-14-15-36-31(22-28)29-8-4-6-10-35(29)44(36)26-13-17-40-33(21-26)32-20-25(12-16-39(32)48-40)41-23-34-30-9-5-7-11-37(30)45-38(18-19-43-45)42(34)49-41;1-4-10-30-24(7-1)25-8-2-5-11-31(25)39(30)23-14-16-35-28(20-23)27-19-22(13-15-34(27)41-35)36-21-29-26-9-3-6-12-32(26)40-33(17-18-38-40)37(29)42-36;/h4-10,12-23,27H,3,24H2,1-2H3;1-11,13-16,19-21,33H,17-18H2;/q-1;-2;. The molecule has 1 fully saturated rings. The molecule has 0 aliphatic carbocycles. The van der Waals surface area contributed by atoms with E-state index in [1.807, 2.05) is 40.2 Å². The Hall–Kier alpha value is -9.78. The van der Waals surface area contributed by atoms with Gasteiger partial charge in [0.05, 0.1) is 33.7 Å². The molecule has 0 radical (unpaired) electrons. The SMILES string of the molecule is CCC(COc1ccc2c(c1)c1ccccc1n2-c1ccc2oc3ccc(-c4cc5c6ccc[c-]c6n6nccc6c5s4)cc3c2c1)OC.[Pt].[c-]1cccc2c1N1[N-]CCC1c1sc(-c3ccc4oc5ccc(-n6c7ccccc7c7ccccc76)cc5c4c3)cc1-2. The average molecular weight is 1410 g/mol. The Morgan fingerprint density at radius 3 is 1.79 bits per heavy atom. The molecule has 0 N–H and O–H groups in total. The summed E-state index contributed by atoms with van der Waals surface area (Å²) < 4.78 is 32.4. The number of benzene rings is 10. The first-order valence-corrected chi connectivity index (χ1v) is 32.6. The predicted molar refractivity (Wildman–Crippen MR) is 374 cm³/mol. The second kappa shape index (κ2) is 21.7. The monoisotopic (exact) mass is 1410 g/mol. The van der Waals surface area contributed by atoms with Crippen molar-refractivity contribution >= 4 is 142 Å². The fourth-order valence-electron chi connectivity index (χ4n) is 14.4. The summed E-state index contributed by atoms with van der Waals surface area (Å²) in [5, 5.41) is 18.5. The van der Waals surface area contributed by atoms with Gasteiger partial charge in [-0.1, -0.05) is 78.2 Å². The van der Waals surface area contributed by atoms with Crippen LogP contribution in [0.3, 0.4) is 0 Å². The Morgan fingerprint density at radius 2 is 1.13 bits per heavy atom. The Bertz CT molecular complexity index is 5940. The molecule has 0 spiro atoms. The van der Waals surface area contributed by atoms with Crippen LogP contribution in [0.15, 0.2) is 233 Å². The van der Waals surface area contributed by atoms with Gasteiger partial charge >= 0.3 is 0 Å². The van der Waals surface area contributed by atoms with Crippen LogP contribution in [0.25, 0.3) is 163 Å². The van der Waals surface area contributed by atoms with Gasteiger partial charge in [-0.15, -0.1) is 40.2 Å². The van der Waals surface area contributed by atoms with E-state index in [1.165, 1.54) is 68.6 Å². The first-order valence-electron chi connectivity index (χ1n) is 30.9.